The average Bonchev–Trinajstić information content (AvgIpc) is 2.53. The second-order valence-electron chi connectivity index (χ2n) is 4.94. The zero-order valence-corrected chi connectivity index (χ0v) is 14.6. The SMILES string of the molecule is CS(=O)(=O)Nc1cccc(C(=O)OCC(=O)Nc2ccc(Cl)cn2)c1. The number of halogens is 1. The van der Waals surface area contributed by atoms with Gasteiger partial charge in [0.05, 0.1) is 16.8 Å². The van der Waals surface area contributed by atoms with Crippen molar-refractivity contribution in [3.8, 4) is 0 Å². The number of ether oxygens (including phenoxy) is 1. The maximum Gasteiger partial charge on any atom is 0.338 e. The first-order valence-corrected chi connectivity index (χ1v) is 9.16. The molecule has 25 heavy (non-hydrogen) atoms. The van der Waals surface area contributed by atoms with Crippen LogP contribution in [0.5, 0.6) is 0 Å². The van der Waals surface area contributed by atoms with Crippen LogP contribution in [0, 0.1) is 0 Å². The van der Waals surface area contributed by atoms with Crippen molar-refractivity contribution in [3.63, 3.8) is 0 Å². The molecule has 2 aromatic rings. The summed E-state index contributed by atoms with van der Waals surface area (Å²) in [6, 6.07) is 8.77. The Kier molecular flexibility index (Phi) is 5.94. The highest BCUT2D eigenvalue weighted by Crippen LogP contribution is 2.13. The first-order valence-electron chi connectivity index (χ1n) is 6.89. The van der Waals surface area contributed by atoms with Gasteiger partial charge in [0.2, 0.25) is 10.0 Å². The Bertz CT molecular complexity index is 884. The third-order valence-corrected chi connectivity index (χ3v) is 3.56. The number of nitrogens with zero attached hydrogens (tertiary/aromatic N) is 1. The van der Waals surface area contributed by atoms with Crippen LogP contribution in [-0.2, 0) is 19.6 Å². The highest BCUT2D eigenvalue weighted by atomic mass is 35.5. The largest absolute Gasteiger partial charge is 0.452 e. The minimum Gasteiger partial charge on any atom is -0.452 e. The zero-order chi connectivity index (χ0) is 18.4. The number of sulfonamides is 1. The van der Waals surface area contributed by atoms with Crippen molar-refractivity contribution in [2.24, 2.45) is 0 Å². The van der Waals surface area contributed by atoms with Gasteiger partial charge in [-0.1, -0.05) is 17.7 Å². The van der Waals surface area contributed by atoms with Gasteiger partial charge in [-0.05, 0) is 30.3 Å². The van der Waals surface area contributed by atoms with Gasteiger partial charge in [0, 0.05) is 11.9 Å². The van der Waals surface area contributed by atoms with Crippen LogP contribution in [0.15, 0.2) is 42.6 Å². The Morgan fingerprint density at radius 3 is 2.64 bits per heavy atom. The number of aromatic nitrogens is 1. The molecule has 2 N–H and O–H groups in total. The van der Waals surface area contributed by atoms with E-state index in [9.17, 15) is 18.0 Å². The molecule has 10 heteroatoms. The van der Waals surface area contributed by atoms with E-state index in [4.69, 9.17) is 16.3 Å². The Hall–Kier alpha value is -2.65. The molecular formula is C15H14ClN3O5S. The van der Waals surface area contributed by atoms with Gasteiger partial charge in [-0.2, -0.15) is 0 Å². The maximum absolute atomic E-state index is 12.0. The lowest BCUT2D eigenvalue weighted by Crippen LogP contribution is -2.21. The van der Waals surface area contributed by atoms with E-state index in [1.54, 1.807) is 6.07 Å². The summed E-state index contributed by atoms with van der Waals surface area (Å²) in [6.07, 6.45) is 2.36. The number of carbonyl (C=O) groups excluding carboxylic acids is 2. The third kappa shape index (κ3) is 6.40. The van der Waals surface area contributed by atoms with Crippen molar-refractivity contribution in [1.29, 1.82) is 0 Å². The fourth-order valence-corrected chi connectivity index (χ4v) is 2.43. The number of rotatable bonds is 6. The van der Waals surface area contributed by atoms with Crippen LogP contribution in [0.25, 0.3) is 0 Å². The van der Waals surface area contributed by atoms with E-state index in [-0.39, 0.29) is 17.1 Å². The molecule has 8 nitrogen and oxygen atoms in total. The fourth-order valence-electron chi connectivity index (χ4n) is 1.77. The Balaban J connectivity index is 1.92. The van der Waals surface area contributed by atoms with Crippen molar-refractivity contribution in [3.05, 3.63) is 53.2 Å². The van der Waals surface area contributed by atoms with Crippen LogP contribution < -0.4 is 10.0 Å². The fraction of sp³-hybridized carbons (Fsp3) is 0.133. The van der Waals surface area contributed by atoms with E-state index >= 15 is 0 Å². The first-order chi connectivity index (χ1) is 11.7. The second-order valence-corrected chi connectivity index (χ2v) is 7.13. The number of esters is 1. The average molecular weight is 384 g/mol. The summed E-state index contributed by atoms with van der Waals surface area (Å²) in [6.45, 7) is -0.521. The molecule has 0 saturated heterocycles. The van der Waals surface area contributed by atoms with E-state index < -0.39 is 28.5 Å². The van der Waals surface area contributed by atoms with Gasteiger partial charge in [0.15, 0.2) is 6.61 Å². The van der Waals surface area contributed by atoms with Crippen LogP contribution in [0.1, 0.15) is 10.4 Å². The van der Waals surface area contributed by atoms with Gasteiger partial charge in [-0.3, -0.25) is 9.52 Å². The zero-order valence-electron chi connectivity index (χ0n) is 13.0. The summed E-state index contributed by atoms with van der Waals surface area (Å²) >= 11 is 5.68. The molecule has 1 amide bonds. The molecule has 1 aromatic carbocycles. The minimum atomic E-state index is -3.47. The Morgan fingerprint density at radius 1 is 1.24 bits per heavy atom. The van der Waals surface area contributed by atoms with E-state index in [0.717, 1.165) is 6.26 Å². The Morgan fingerprint density at radius 2 is 2.00 bits per heavy atom. The highest BCUT2D eigenvalue weighted by Gasteiger charge is 2.12. The number of pyridine rings is 1. The summed E-state index contributed by atoms with van der Waals surface area (Å²) in [5.74, 6) is -1.07. The molecule has 0 aliphatic carbocycles. The number of carbonyl (C=O) groups is 2. The maximum atomic E-state index is 12.0. The third-order valence-electron chi connectivity index (χ3n) is 2.73. The molecule has 0 bridgehead atoms. The van der Waals surface area contributed by atoms with Gasteiger partial charge < -0.3 is 10.1 Å². The summed E-state index contributed by atoms with van der Waals surface area (Å²) in [7, 11) is -3.47. The molecule has 1 aromatic heterocycles. The number of anilines is 2. The van der Waals surface area contributed by atoms with Crippen LogP contribution >= 0.6 is 11.6 Å². The molecule has 0 atom stereocenters. The molecule has 0 aliphatic rings. The van der Waals surface area contributed by atoms with Gasteiger partial charge in [0.25, 0.3) is 5.91 Å². The van der Waals surface area contributed by atoms with Crippen molar-refractivity contribution in [2.75, 3.05) is 22.9 Å². The molecule has 2 rings (SSSR count). The molecule has 132 valence electrons. The van der Waals surface area contributed by atoms with E-state index in [2.05, 4.69) is 15.0 Å². The van der Waals surface area contributed by atoms with E-state index in [0.29, 0.717) is 5.02 Å². The number of nitrogens with one attached hydrogen (secondary N) is 2. The molecule has 0 aliphatic heterocycles. The van der Waals surface area contributed by atoms with Gasteiger partial charge in [0.1, 0.15) is 5.82 Å². The van der Waals surface area contributed by atoms with Gasteiger partial charge >= 0.3 is 5.97 Å². The first kappa shape index (κ1) is 18.7. The highest BCUT2D eigenvalue weighted by molar-refractivity contribution is 7.92. The predicted molar refractivity (Wildman–Crippen MR) is 93.1 cm³/mol. The number of benzene rings is 1. The predicted octanol–water partition coefficient (Wildman–Crippen LogP) is 1.90. The summed E-state index contributed by atoms with van der Waals surface area (Å²) in [5, 5.41) is 2.86. The second kappa shape index (κ2) is 7.95. The molecule has 0 fully saturated rings. The van der Waals surface area contributed by atoms with Crippen molar-refractivity contribution in [2.45, 2.75) is 0 Å². The monoisotopic (exact) mass is 383 g/mol. The number of amides is 1. The van der Waals surface area contributed by atoms with Crippen molar-refractivity contribution in [1.82, 2.24) is 4.98 Å². The normalized spacial score (nSPS) is 10.8. The van der Waals surface area contributed by atoms with E-state index in [1.165, 1.54) is 36.5 Å². The van der Waals surface area contributed by atoms with Crippen LogP contribution in [0.4, 0.5) is 11.5 Å². The topological polar surface area (TPSA) is 114 Å². The molecule has 0 spiro atoms. The summed E-state index contributed by atoms with van der Waals surface area (Å²) in [5.41, 5.74) is 0.317. The lowest BCUT2D eigenvalue weighted by molar-refractivity contribution is -0.119. The molecule has 0 saturated carbocycles. The number of hydrogen-bond acceptors (Lipinski definition) is 6. The lowest BCUT2D eigenvalue weighted by Gasteiger charge is -2.08. The number of hydrogen-bond donors (Lipinski definition) is 2. The summed E-state index contributed by atoms with van der Waals surface area (Å²) in [4.78, 5) is 27.6. The smallest absolute Gasteiger partial charge is 0.338 e. The molecule has 0 radical (unpaired) electrons. The quantitative estimate of drug-likeness (QED) is 0.736. The summed E-state index contributed by atoms with van der Waals surface area (Å²) < 4.78 is 29.5. The molecule has 1 heterocycles. The lowest BCUT2D eigenvalue weighted by atomic mass is 10.2. The van der Waals surface area contributed by atoms with Gasteiger partial charge in [-0.15, -0.1) is 0 Å². The Labute approximate surface area is 149 Å². The molecule has 0 unspecified atom stereocenters. The van der Waals surface area contributed by atoms with Crippen LogP contribution in [0.3, 0.4) is 0 Å². The van der Waals surface area contributed by atoms with Crippen molar-refractivity contribution >= 4 is 45.0 Å². The van der Waals surface area contributed by atoms with Crippen LogP contribution in [-0.4, -0.2) is 38.1 Å². The van der Waals surface area contributed by atoms with Crippen LogP contribution in [0.2, 0.25) is 5.02 Å². The van der Waals surface area contributed by atoms with Crippen molar-refractivity contribution < 1.29 is 22.7 Å². The molecular weight excluding hydrogens is 370 g/mol. The van der Waals surface area contributed by atoms with E-state index in [1.807, 2.05) is 0 Å². The van der Waals surface area contributed by atoms with Gasteiger partial charge in [-0.25, -0.2) is 18.2 Å². The minimum absolute atomic E-state index is 0.103. The standard InChI is InChI=1S/C15H14ClN3O5S/c1-25(22,23)19-12-4-2-3-10(7-12)15(21)24-9-14(20)18-13-6-5-11(16)8-17-13/h2-8,19H,9H2,1H3,(H,17,18,20).